The van der Waals surface area contributed by atoms with Crippen LogP contribution in [0.1, 0.15) is 13.3 Å². The van der Waals surface area contributed by atoms with Crippen molar-refractivity contribution >= 4 is 10.8 Å². The van der Waals surface area contributed by atoms with Crippen LogP contribution in [0, 0.1) is 0 Å². The van der Waals surface area contributed by atoms with Crippen LogP contribution < -0.4 is 4.74 Å². The van der Waals surface area contributed by atoms with Gasteiger partial charge in [0.05, 0.1) is 6.61 Å². The maximum absolute atomic E-state index is 9.54. The van der Waals surface area contributed by atoms with Crippen LogP contribution in [-0.4, -0.2) is 16.8 Å². The normalized spacial score (nSPS) is 10.6. The Balaban J connectivity index is 2.54. The van der Waals surface area contributed by atoms with Gasteiger partial charge in [-0.3, -0.25) is 0 Å². The van der Waals surface area contributed by atoms with Crippen LogP contribution in [0.5, 0.6) is 17.2 Å². The Labute approximate surface area is 93.9 Å². The summed E-state index contributed by atoms with van der Waals surface area (Å²) in [5.41, 5.74) is 0. The van der Waals surface area contributed by atoms with Gasteiger partial charge in [0.15, 0.2) is 0 Å². The Morgan fingerprint density at radius 1 is 1.06 bits per heavy atom. The number of hydrogen-bond acceptors (Lipinski definition) is 3. The summed E-state index contributed by atoms with van der Waals surface area (Å²) < 4.78 is 5.55. The predicted octanol–water partition coefficient (Wildman–Crippen LogP) is 3.04. The van der Waals surface area contributed by atoms with E-state index in [1.807, 2.05) is 6.92 Å². The lowest BCUT2D eigenvalue weighted by Gasteiger charge is -2.09. The van der Waals surface area contributed by atoms with Gasteiger partial charge in [0.25, 0.3) is 0 Å². The summed E-state index contributed by atoms with van der Waals surface area (Å²) in [6.45, 7) is 2.64. The highest BCUT2D eigenvalue weighted by molar-refractivity contribution is 5.90. The molecule has 0 spiro atoms. The van der Waals surface area contributed by atoms with Crippen molar-refractivity contribution in [3.8, 4) is 17.2 Å². The zero-order chi connectivity index (χ0) is 11.5. The summed E-state index contributed by atoms with van der Waals surface area (Å²) >= 11 is 0. The van der Waals surface area contributed by atoms with Crippen LogP contribution in [-0.2, 0) is 0 Å². The lowest BCUT2D eigenvalue weighted by atomic mass is 10.1. The van der Waals surface area contributed by atoms with Gasteiger partial charge in [0.1, 0.15) is 17.2 Å². The SMILES string of the molecule is CCCOc1cc(O)cc2cc(O)ccc12. The molecule has 3 heteroatoms. The van der Waals surface area contributed by atoms with E-state index in [4.69, 9.17) is 4.74 Å². The molecule has 0 amide bonds. The molecular weight excluding hydrogens is 204 g/mol. The molecule has 2 N–H and O–H groups in total. The molecule has 0 fully saturated rings. The van der Waals surface area contributed by atoms with E-state index >= 15 is 0 Å². The summed E-state index contributed by atoms with van der Waals surface area (Å²) in [6.07, 6.45) is 0.912. The van der Waals surface area contributed by atoms with Crippen LogP contribution >= 0.6 is 0 Å². The van der Waals surface area contributed by atoms with Crippen molar-refractivity contribution in [1.82, 2.24) is 0 Å². The van der Waals surface area contributed by atoms with Gasteiger partial charge in [-0.1, -0.05) is 6.92 Å². The van der Waals surface area contributed by atoms with Gasteiger partial charge >= 0.3 is 0 Å². The number of aromatic hydroxyl groups is 2. The molecule has 0 aliphatic heterocycles. The number of phenols is 2. The first-order chi connectivity index (χ1) is 7.70. The van der Waals surface area contributed by atoms with E-state index < -0.39 is 0 Å². The lowest BCUT2D eigenvalue weighted by Crippen LogP contribution is -1.95. The minimum absolute atomic E-state index is 0.143. The van der Waals surface area contributed by atoms with Crippen LogP contribution in [0.3, 0.4) is 0 Å². The van der Waals surface area contributed by atoms with Crippen molar-refractivity contribution < 1.29 is 14.9 Å². The Kier molecular flexibility index (Phi) is 2.86. The van der Waals surface area contributed by atoms with E-state index in [-0.39, 0.29) is 11.5 Å². The molecule has 0 aromatic heterocycles. The zero-order valence-electron chi connectivity index (χ0n) is 9.10. The summed E-state index contributed by atoms with van der Waals surface area (Å²) in [5.74, 6) is 0.973. The second kappa shape index (κ2) is 4.31. The lowest BCUT2D eigenvalue weighted by molar-refractivity contribution is 0.319. The molecule has 0 saturated carbocycles. The fourth-order valence-electron chi connectivity index (χ4n) is 1.64. The number of fused-ring (bicyclic) bond motifs is 1. The third kappa shape index (κ3) is 2.03. The average molecular weight is 218 g/mol. The first kappa shape index (κ1) is 10.6. The standard InChI is InChI=1S/C13H14O3/c1-2-5-16-13-8-11(15)7-9-6-10(14)3-4-12(9)13/h3-4,6-8,14-15H,2,5H2,1H3. The molecule has 0 unspecified atom stereocenters. The highest BCUT2D eigenvalue weighted by Gasteiger charge is 2.05. The molecule has 0 radical (unpaired) electrons. The molecule has 0 bridgehead atoms. The van der Waals surface area contributed by atoms with Crippen molar-refractivity contribution in [2.45, 2.75) is 13.3 Å². The van der Waals surface area contributed by atoms with Crippen LogP contribution in [0.15, 0.2) is 30.3 Å². The number of benzene rings is 2. The van der Waals surface area contributed by atoms with Crippen molar-refractivity contribution in [3.05, 3.63) is 30.3 Å². The largest absolute Gasteiger partial charge is 0.508 e. The molecule has 3 nitrogen and oxygen atoms in total. The first-order valence-electron chi connectivity index (χ1n) is 5.29. The fourth-order valence-corrected chi connectivity index (χ4v) is 1.64. The van der Waals surface area contributed by atoms with Gasteiger partial charge in [-0.15, -0.1) is 0 Å². The van der Waals surface area contributed by atoms with Crippen LogP contribution in [0.25, 0.3) is 10.8 Å². The number of rotatable bonds is 3. The fraction of sp³-hybridized carbons (Fsp3) is 0.231. The molecular formula is C13H14O3. The second-order valence-electron chi connectivity index (χ2n) is 3.70. The maximum Gasteiger partial charge on any atom is 0.130 e. The minimum Gasteiger partial charge on any atom is -0.508 e. The van der Waals surface area contributed by atoms with Gasteiger partial charge in [-0.05, 0) is 36.1 Å². The predicted molar refractivity (Wildman–Crippen MR) is 63.1 cm³/mol. The van der Waals surface area contributed by atoms with Gasteiger partial charge in [-0.2, -0.15) is 0 Å². The zero-order valence-corrected chi connectivity index (χ0v) is 9.10. The van der Waals surface area contributed by atoms with Crippen LogP contribution in [0.2, 0.25) is 0 Å². The summed E-state index contributed by atoms with van der Waals surface area (Å²) in [6, 6.07) is 8.20. The molecule has 0 atom stereocenters. The molecule has 2 rings (SSSR count). The smallest absolute Gasteiger partial charge is 0.130 e. The summed E-state index contributed by atoms with van der Waals surface area (Å²) in [4.78, 5) is 0. The molecule has 2 aromatic rings. The highest BCUT2D eigenvalue weighted by atomic mass is 16.5. The topological polar surface area (TPSA) is 49.7 Å². The molecule has 0 aliphatic carbocycles. The molecule has 84 valence electrons. The maximum atomic E-state index is 9.54. The van der Waals surface area contributed by atoms with Gasteiger partial charge < -0.3 is 14.9 Å². The van der Waals surface area contributed by atoms with Crippen molar-refractivity contribution in [2.75, 3.05) is 6.61 Å². The number of phenolic OH excluding ortho intramolecular Hbond substituents is 2. The van der Waals surface area contributed by atoms with Gasteiger partial charge in [0.2, 0.25) is 0 Å². The number of ether oxygens (including phenoxy) is 1. The van der Waals surface area contributed by atoms with Gasteiger partial charge in [0, 0.05) is 11.5 Å². The molecule has 16 heavy (non-hydrogen) atoms. The van der Waals surface area contributed by atoms with E-state index in [1.165, 1.54) is 0 Å². The highest BCUT2D eigenvalue weighted by Crippen LogP contribution is 2.32. The van der Waals surface area contributed by atoms with E-state index in [0.717, 1.165) is 17.2 Å². The summed E-state index contributed by atoms with van der Waals surface area (Å²) in [7, 11) is 0. The quantitative estimate of drug-likeness (QED) is 0.832. The summed E-state index contributed by atoms with van der Waals surface area (Å²) in [5, 5.41) is 20.6. The van der Waals surface area contributed by atoms with E-state index in [1.54, 1.807) is 30.3 Å². The van der Waals surface area contributed by atoms with Gasteiger partial charge in [-0.25, -0.2) is 0 Å². The Morgan fingerprint density at radius 2 is 1.81 bits per heavy atom. The monoisotopic (exact) mass is 218 g/mol. The Bertz CT molecular complexity index is 500. The molecule has 0 aliphatic rings. The second-order valence-corrected chi connectivity index (χ2v) is 3.70. The third-order valence-electron chi connectivity index (χ3n) is 2.34. The van der Waals surface area contributed by atoms with Crippen molar-refractivity contribution in [2.24, 2.45) is 0 Å². The van der Waals surface area contributed by atoms with E-state index in [0.29, 0.717) is 12.4 Å². The Morgan fingerprint density at radius 3 is 2.56 bits per heavy atom. The Hall–Kier alpha value is -1.90. The van der Waals surface area contributed by atoms with Crippen molar-refractivity contribution in [1.29, 1.82) is 0 Å². The molecule has 2 aromatic carbocycles. The average Bonchev–Trinajstić information content (AvgIpc) is 2.25. The van der Waals surface area contributed by atoms with E-state index in [2.05, 4.69) is 0 Å². The third-order valence-corrected chi connectivity index (χ3v) is 2.34. The van der Waals surface area contributed by atoms with Crippen LogP contribution in [0.4, 0.5) is 0 Å². The molecule has 0 heterocycles. The van der Waals surface area contributed by atoms with Crippen molar-refractivity contribution in [3.63, 3.8) is 0 Å². The first-order valence-corrected chi connectivity index (χ1v) is 5.29. The number of hydrogen-bond donors (Lipinski definition) is 2. The van der Waals surface area contributed by atoms with E-state index in [9.17, 15) is 10.2 Å². The molecule has 0 saturated heterocycles. The minimum atomic E-state index is 0.143.